The molecule has 1 unspecified atom stereocenters. The number of β-amino-alcohol motifs (C(OH)–C–C–N with tert-alkyl or cyclic N) is 1. The largest absolute Gasteiger partial charge is 0.491 e. The van der Waals surface area contributed by atoms with Crippen LogP contribution in [0.3, 0.4) is 0 Å². The van der Waals surface area contributed by atoms with Gasteiger partial charge in [-0.15, -0.1) is 12.4 Å². The van der Waals surface area contributed by atoms with Crippen molar-refractivity contribution in [1.82, 2.24) is 9.88 Å². The summed E-state index contributed by atoms with van der Waals surface area (Å²) in [5, 5.41) is 12.8. The summed E-state index contributed by atoms with van der Waals surface area (Å²) in [6.07, 6.45) is 0.490. The van der Waals surface area contributed by atoms with Crippen LogP contribution in [0.1, 0.15) is 19.0 Å². The number of rotatable bonds is 9. The average molecular weight is 428 g/mol. The Kier molecular flexibility index (Phi) is 9.31. The molecule has 156 valence electrons. The molecule has 0 aliphatic carbocycles. The maximum Gasteiger partial charge on any atom is 0.273 e. The van der Waals surface area contributed by atoms with Crippen LogP contribution in [0.25, 0.3) is 0 Å². The molecule has 28 heavy (non-hydrogen) atoms. The van der Waals surface area contributed by atoms with Gasteiger partial charge in [-0.05, 0) is 25.5 Å². The van der Waals surface area contributed by atoms with Crippen molar-refractivity contribution >= 4 is 29.4 Å². The number of aliphatic hydroxyl groups is 1. The Morgan fingerprint density at radius 1 is 1.18 bits per heavy atom. The molecule has 1 aliphatic heterocycles. The van der Waals surface area contributed by atoms with Gasteiger partial charge in [0, 0.05) is 38.1 Å². The maximum absolute atomic E-state index is 10.3. The molecule has 0 radical (unpaired) electrons. The third-order valence-corrected chi connectivity index (χ3v) is 5.38. The van der Waals surface area contributed by atoms with E-state index in [1.807, 2.05) is 24.4 Å². The molecule has 1 fully saturated rings. The fraction of sp³-hybridized carbons (Fsp3) is 0.550. The van der Waals surface area contributed by atoms with Gasteiger partial charge in [-0.1, -0.05) is 30.4 Å². The van der Waals surface area contributed by atoms with Crippen molar-refractivity contribution in [3.8, 4) is 10.9 Å². The Labute approximate surface area is 177 Å². The zero-order valence-corrected chi connectivity index (χ0v) is 18.2. The Balaban J connectivity index is 0.00000280. The highest BCUT2D eigenvalue weighted by molar-refractivity contribution is 7.11. The number of hydrogen-bond donors (Lipinski definition) is 1. The summed E-state index contributed by atoms with van der Waals surface area (Å²) in [6, 6.07) is 8.24. The number of aromatic nitrogens is 1. The number of para-hydroxylation sites is 2. The second kappa shape index (κ2) is 11.5. The first-order chi connectivity index (χ1) is 13.2. The summed E-state index contributed by atoms with van der Waals surface area (Å²) in [4.78, 5) is 8.90. The lowest BCUT2D eigenvalue weighted by Crippen LogP contribution is -2.49. The predicted octanol–water partition coefficient (Wildman–Crippen LogP) is 3.22. The number of anilines is 1. The number of halogens is 1. The van der Waals surface area contributed by atoms with Crippen LogP contribution in [0, 0.1) is 6.92 Å². The third kappa shape index (κ3) is 6.51. The van der Waals surface area contributed by atoms with Crippen LogP contribution in [-0.4, -0.2) is 67.0 Å². The van der Waals surface area contributed by atoms with Gasteiger partial charge < -0.3 is 19.5 Å². The number of hydrogen-bond acceptors (Lipinski definition) is 7. The molecule has 1 N–H and O–H groups in total. The van der Waals surface area contributed by atoms with Crippen molar-refractivity contribution < 1.29 is 14.6 Å². The maximum atomic E-state index is 10.3. The SMILES string of the molecule is CCCOc1ccccc1N1CCN(CC(O)COc2nc(C)cs2)CC1.Cl. The number of thiazole rings is 1. The summed E-state index contributed by atoms with van der Waals surface area (Å²) in [7, 11) is 0. The van der Waals surface area contributed by atoms with Crippen LogP contribution in [0.5, 0.6) is 10.9 Å². The molecule has 0 saturated carbocycles. The quantitative estimate of drug-likeness (QED) is 0.663. The number of aryl methyl sites for hydroxylation is 1. The highest BCUT2D eigenvalue weighted by Crippen LogP contribution is 2.29. The Bertz CT molecular complexity index is 708. The fourth-order valence-electron chi connectivity index (χ4n) is 3.14. The van der Waals surface area contributed by atoms with E-state index in [2.05, 4.69) is 33.8 Å². The molecule has 0 amide bonds. The number of piperazine rings is 1. The van der Waals surface area contributed by atoms with E-state index < -0.39 is 6.10 Å². The van der Waals surface area contributed by atoms with Gasteiger partial charge in [-0.3, -0.25) is 4.90 Å². The van der Waals surface area contributed by atoms with Crippen molar-refractivity contribution in [3.05, 3.63) is 35.3 Å². The van der Waals surface area contributed by atoms with Crippen molar-refractivity contribution in [3.63, 3.8) is 0 Å². The van der Waals surface area contributed by atoms with Crippen LogP contribution in [0.15, 0.2) is 29.6 Å². The summed E-state index contributed by atoms with van der Waals surface area (Å²) in [5.74, 6) is 0.958. The third-order valence-electron chi connectivity index (χ3n) is 4.51. The molecule has 3 rings (SSSR count). The molecule has 2 heterocycles. The smallest absolute Gasteiger partial charge is 0.273 e. The van der Waals surface area contributed by atoms with Crippen molar-refractivity contribution in [2.45, 2.75) is 26.4 Å². The molecule has 6 nitrogen and oxygen atoms in total. The lowest BCUT2D eigenvalue weighted by molar-refractivity contribution is 0.0661. The minimum Gasteiger partial charge on any atom is -0.491 e. The zero-order chi connectivity index (χ0) is 19.1. The van der Waals surface area contributed by atoms with Gasteiger partial charge in [0.2, 0.25) is 0 Å². The van der Waals surface area contributed by atoms with Gasteiger partial charge >= 0.3 is 0 Å². The Morgan fingerprint density at radius 2 is 1.93 bits per heavy atom. The van der Waals surface area contributed by atoms with Crippen LogP contribution in [0.4, 0.5) is 5.69 Å². The first kappa shape index (κ1) is 22.7. The van der Waals surface area contributed by atoms with Crippen molar-refractivity contribution in [2.24, 2.45) is 0 Å². The molecule has 0 spiro atoms. The van der Waals surface area contributed by atoms with Crippen molar-refractivity contribution in [1.29, 1.82) is 0 Å². The lowest BCUT2D eigenvalue weighted by atomic mass is 10.2. The van der Waals surface area contributed by atoms with Crippen LogP contribution < -0.4 is 14.4 Å². The first-order valence-corrected chi connectivity index (χ1v) is 10.5. The second-order valence-corrected chi connectivity index (χ2v) is 7.64. The monoisotopic (exact) mass is 427 g/mol. The van der Waals surface area contributed by atoms with Gasteiger partial charge in [-0.2, -0.15) is 0 Å². The van der Waals surface area contributed by atoms with E-state index in [1.54, 1.807) is 0 Å². The van der Waals surface area contributed by atoms with E-state index in [0.717, 1.165) is 56.3 Å². The molecule has 2 aromatic rings. The Hall–Kier alpha value is -1.54. The average Bonchev–Trinajstić information content (AvgIpc) is 3.11. The number of ether oxygens (including phenoxy) is 2. The molecular formula is C20H30ClN3O3S. The van der Waals surface area contributed by atoms with E-state index in [-0.39, 0.29) is 19.0 Å². The molecule has 8 heteroatoms. The van der Waals surface area contributed by atoms with E-state index in [4.69, 9.17) is 9.47 Å². The highest BCUT2D eigenvalue weighted by Gasteiger charge is 2.21. The second-order valence-electron chi connectivity index (χ2n) is 6.82. The number of aliphatic hydroxyl groups excluding tert-OH is 1. The van der Waals surface area contributed by atoms with Crippen LogP contribution in [-0.2, 0) is 0 Å². The molecule has 1 saturated heterocycles. The van der Waals surface area contributed by atoms with Gasteiger partial charge in [0.15, 0.2) is 0 Å². The number of nitrogens with zero attached hydrogens (tertiary/aromatic N) is 3. The molecule has 1 atom stereocenters. The summed E-state index contributed by atoms with van der Waals surface area (Å²) < 4.78 is 11.5. The molecular weight excluding hydrogens is 398 g/mol. The van der Waals surface area contributed by atoms with E-state index in [9.17, 15) is 5.11 Å². The van der Waals surface area contributed by atoms with Gasteiger partial charge in [-0.25, -0.2) is 4.98 Å². The number of benzene rings is 1. The zero-order valence-electron chi connectivity index (χ0n) is 16.5. The summed E-state index contributed by atoms with van der Waals surface area (Å²) in [5.41, 5.74) is 2.11. The van der Waals surface area contributed by atoms with E-state index >= 15 is 0 Å². The van der Waals surface area contributed by atoms with Gasteiger partial charge in [0.1, 0.15) is 18.5 Å². The molecule has 1 aromatic heterocycles. The Morgan fingerprint density at radius 3 is 2.61 bits per heavy atom. The molecule has 1 aromatic carbocycles. The topological polar surface area (TPSA) is 58.1 Å². The summed E-state index contributed by atoms with van der Waals surface area (Å²) >= 11 is 1.47. The van der Waals surface area contributed by atoms with Crippen LogP contribution >= 0.6 is 23.7 Å². The van der Waals surface area contributed by atoms with E-state index in [0.29, 0.717) is 11.7 Å². The standard InChI is InChI=1S/C20H29N3O3S.ClH/c1-3-12-25-19-7-5-4-6-18(19)23-10-8-22(9-11-23)13-17(24)14-26-20-21-16(2)15-27-20;/h4-7,15,17,24H,3,8-14H2,1-2H3;1H. The van der Waals surface area contributed by atoms with Crippen molar-refractivity contribution in [2.75, 3.05) is 50.8 Å². The lowest BCUT2D eigenvalue weighted by Gasteiger charge is -2.37. The minimum absolute atomic E-state index is 0. The predicted molar refractivity (Wildman–Crippen MR) is 116 cm³/mol. The minimum atomic E-state index is -0.513. The molecule has 0 bridgehead atoms. The highest BCUT2D eigenvalue weighted by atomic mass is 35.5. The fourth-order valence-corrected chi connectivity index (χ4v) is 3.80. The first-order valence-electron chi connectivity index (χ1n) is 9.58. The summed E-state index contributed by atoms with van der Waals surface area (Å²) in [6.45, 7) is 9.36. The van der Waals surface area contributed by atoms with Gasteiger partial charge in [0.25, 0.3) is 5.19 Å². The normalized spacial score (nSPS) is 15.8. The molecule has 1 aliphatic rings. The van der Waals surface area contributed by atoms with Crippen LogP contribution in [0.2, 0.25) is 0 Å². The van der Waals surface area contributed by atoms with E-state index in [1.165, 1.54) is 11.3 Å². The van der Waals surface area contributed by atoms with Gasteiger partial charge in [0.05, 0.1) is 18.0 Å².